The van der Waals surface area contributed by atoms with Crippen LogP contribution in [0.25, 0.3) is 0 Å². The van der Waals surface area contributed by atoms with Crippen molar-refractivity contribution in [3.8, 4) is 0 Å². The van der Waals surface area contributed by atoms with E-state index in [1.54, 1.807) is 0 Å². The van der Waals surface area contributed by atoms with Gasteiger partial charge in [-0.25, -0.2) is 0 Å². The maximum atomic E-state index is 12.2. The minimum Gasteiger partial charge on any atom is -0.462 e. The molecule has 1 atom stereocenters. The normalized spacial score (nSPS) is 12.3. The van der Waals surface area contributed by atoms with Gasteiger partial charge in [0.05, 0.1) is 5.88 Å². The van der Waals surface area contributed by atoms with Gasteiger partial charge in [-0.05, 0) is 44.9 Å². The highest BCUT2D eigenvalue weighted by Crippen LogP contribution is 2.14. The fourth-order valence-electron chi connectivity index (χ4n) is 5.33. The first-order chi connectivity index (χ1) is 21.6. The Kier molecular flexibility index (Phi) is 35.1. The Morgan fingerprint density at radius 1 is 0.523 bits per heavy atom. The van der Waals surface area contributed by atoms with E-state index in [4.69, 9.17) is 21.1 Å². The van der Waals surface area contributed by atoms with Crippen LogP contribution in [0.3, 0.4) is 0 Å². The highest BCUT2D eigenvalue weighted by Gasteiger charge is 2.16. The molecule has 0 heterocycles. The van der Waals surface area contributed by atoms with Crippen molar-refractivity contribution in [2.24, 2.45) is 0 Å². The van der Waals surface area contributed by atoms with Crippen LogP contribution in [0, 0.1) is 0 Å². The molecular formula is C39H71ClO4. The average Bonchev–Trinajstić information content (AvgIpc) is 3.02. The molecule has 0 unspecified atom stereocenters. The van der Waals surface area contributed by atoms with Gasteiger partial charge in [0.2, 0.25) is 0 Å². The Morgan fingerprint density at radius 2 is 0.909 bits per heavy atom. The molecule has 0 saturated carbocycles. The van der Waals surface area contributed by atoms with Gasteiger partial charge in [-0.15, -0.1) is 11.6 Å². The van der Waals surface area contributed by atoms with Gasteiger partial charge in [0, 0.05) is 12.8 Å². The smallest absolute Gasteiger partial charge is 0.306 e. The van der Waals surface area contributed by atoms with E-state index >= 15 is 0 Å². The van der Waals surface area contributed by atoms with E-state index < -0.39 is 6.10 Å². The third kappa shape index (κ3) is 33.6. The lowest BCUT2D eigenvalue weighted by atomic mass is 10.0. The first-order valence-corrected chi connectivity index (χ1v) is 19.4. The number of unbranched alkanes of at least 4 members (excludes halogenated alkanes) is 22. The largest absolute Gasteiger partial charge is 0.462 e. The lowest BCUT2D eigenvalue weighted by Gasteiger charge is -2.15. The van der Waals surface area contributed by atoms with Crippen molar-refractivity contribution in [2.75, 3.05) is 12.5 Å². The number of alkyl halides is 1. The molecule has 5 heteroatoms. The SMILES string of the molecule is CCCCC/C=C\C/C=C\CCCCCCCC(=O)OC[C@@H](CCl)OC(=O)CCCCCCCCCCCCCCCCC. The van der Waals surface area contributed by atoms with E-state index in [-0.39, 0.29) is 24.4 Å². The predicted octanol–water partition coefficient (Wildman–Crippen LogP) is 12.8. The standard InChI is InChI=1S/C39H71ClO4/c1-3-5-7-9-11-13-15-17-19-21-23-25-27-29-31-33-38(41)43-36-37(35-40)44-39(42)34-32-30-28-26-24-22-20-18-16-14-12-10-8-6-4-2/h11,13,17,19,37H,3-10,12,14-16,18,20-36H2,1-2H3/b13-11-,19-17-/t37-/m1/s1. The van der Waals surface area contributed by atoms with E-state index in [0.717, 1.165) is 44.9 Å². The van der Waals surface area contributed by atoms with Gasteiger partial charge in [-0.2, -0.15) is 0 Å². The zero-order valence-corrected chi connectivity index (χ0v) is 29.9. The summed E-state index contributed by atoms with van der Waals surface area (Å²) in [6.45, 7) is 4.56. The van der Waals surface area contributed by atoms with Gasteiger partial charge in [-0.1, -0.05) is 160 Å². The Balaban J connectivity index is 3.56. The molecule has 0 aromatic carbocycles. The molecule has 0 bridgehead atoms. The van der Waals surface area contributed by atoms with Gasteiger partial charge in [-0.3, -0.25) is 9.59 Å². The van der Waals surface area contributed by atoms with Crippen LogP contribution in [-0.4, -0.2) is 30.5 Å². The molecule has 4 nitrogen and oxygen atoms in total. The summed E-state index contributed by atoms with van der Waals surface area (Å²) in [6.07, 6.45) is 41.5. The number of ether oxygens (including phenoxy) is 2. The third-order valence-corrected chi connectivity index (χ3v) is 8.56. The zero-order valence-electron chi connectivity index (χ0n) is 29.1. The van der Waals surface area contributed by atoms with Crippen molar-refractivity contribution < 1.29 is 19.1 Å². The molecule has 258 valence electrons. The second kappa shape index (κ2) is 36.2. The second-order valence-corrected chi connectivity index (χ2v) is 12.9. The van der Waals surface area contributed by atoms with Crippen LogP contribution in [0.2, 0.25) is 0 Å². The fraction of sp³-hybridized carbons (Fsp3) is 0.846. The third-order valence-electron chi connectivity index (χ3n) is 8.22. The number of esters is 2. The number of hydrogen-bond acceptors (Lipinski definition) is 4. The van der Waals surface area contributed by atoms with Crippen molar-refractivity contribution in [1.82, 2.24) is 0 Å². The first kappa shape index (κ1) is 42.7. The summed E-state index contributed by atoms with van der Waals surface area (Å²) in [6, 6.07) is 0. The molecule has 0 fully saturated rings. The molecular weight excluding hydrogens is 568 g/mol. The summed E-state index contributed by atoms with van der Waals surface area (Å²) in [5.41, 5.74) is 0. The summed E-state index contributed by atoms with van der Waals surface area (Å²) in [7, 11) is 0. The summed E-state index contributed by atoms with van der Waals surface area (Å²) in [4.78, 5) is 24.3. The molecule has 0 rings (SSSR count). The number of carbonyl (C=O) groups is 2. The monoisotopic (exact) mass is 639 g/mol. The van der Waals surface area contributed by atoms with E-state index in [1.165, 1.54) is 122 Å². The molecule has 0 radical (unpaired) electrons. The molecule has 0 aromatic heterocycles. The first-order valence-electron chi connectivity index (χ1n) is 18.8. The average molecular weight is 639 g/mol. The minimum absolute atomic E-state index is 0.0488. The quantitative estimate of drug-likeness (QED) is 0.0304. The predicted molar refractivity (Wildman–Crippen MR) is 190 cm³/mol. The Labute approximate surface area is 278 Å². The highest BCUT2D eigenvalue weighted by atomic mass is 35.5. The Bertz CT molecular complexity index is 675. The summed E-state index contributed by atoms with van der Waals surface area (Å²) >= 11 is 5.96. The van der Waals surface area contributed by atoms with Crippen LogP contribution < -0.4 is 0 Å². The molecule has 0 N–H and O–H groups in total. The summed E-state index contributed by atoms with van der Waals surface area (Å²) < 4.78 is 10.8. The van der Waals surface area contributed by atoms with Crippen LogP contribution in [-0.2, 0) is 19.1 Å². The van der Waals surface area contributed by atoms with E-state index in [0.29, 0.717) is 12.8 Å². The molecule has 0 spiro atoms. The van der Waals surface area contributed by atoms with E-state index in [1.807, 2.05) is 0 Å². The second-order valence-electron chi connectivity index (χ2n) is 12.6. The van der Waals surface area contributed by atoms with Crippen molar-refractivity contribution in [2.45, 2.75) is 200 Å². The van der Waals surface area contributed by atoms with Crippen molar-refractivity contribution in [3.63, 3.8) is 0 Å². The van der Waals surface area contributed by atoms with Crippen LogP contribution in [0.1, 0.15) is 194 Å². The topological polar surface area (TPSA) is 52.6 Å². The van der Waals surface area contributed by atoms with E-state index in [9.17, 15) is 9.59 Å². The van der Waals surface area contributed by atoms with Crippen LogP contribution in [0.4, 0.5) is 0 Å². The minimum atomic E-state index is -0.561. The van der Waals surface area contributed by atoms with Crippen LogP contribution in [0.5, 0.6) is 0 Å². The van der Waals surface area contributed by atoms with Gasteiger partial charge in [0.25, 0.3) is 0 Å². The van der Waals surface area contributed by atoms with Gasteiger partial charge < -0.3 is 9.47 Å². The lowest BCUT2D eigenvalue weighted by molar-refractivity contribution is -0.157. The highest BCUT2D eigenvalue weighted by molar-refractivity contribution is 6.18. The van der Waals surface area contributed by atoms with Gasteiger partial charge >= 0.3 is 11.9 Å². The maximum absolute atomic E-state index is 12.2. The molecule has 44 heavy (non-hydrogen) atoms. The molecule has 0 amide bonds. The summed E-state index contributed by atoms with van der Waals surface area (Å²) in [5, 5.41) is 0. The number of hydrogen-bond donors (Lipinski definition) is 0. The summed E-state index contributed by atoms with van der Waals surface area (Å²) in [5.74, 6) is -0.332. The van der Waals surface area contributed by atoms with Crippen molar-refractivity contribution in [3.05, 3.63) is 24.3 Å². The lowest BCUT2D eigenvalue weighted by Crippen LogP contribution is -2.26. The molecule has 0 saturated heterocycles. The number of carbonyl (C=O) groups excluding carboxylic acids is 2. The van der Waals surface area contributed by atoms with Crippen LogP contribution in [0.15, 0.2) is 24.3 Å². The molecule has 0 aliphatic heterocycles. The number of halogens is 1. The van der Waals surface area contributed by atoms with E-state index in [2.05, 4.69) is 38.2 Å². The Morgan fingerprint density at radius 3 is 1.39 bits per heavy atom. The number of allylic oxidation sites excluding steroid dienone is 4. The van der Waals surface area contributed by atoms with Crippen LogP contribution >= 0.6 is 11.6 Å². The van der Waals surface area contributed by atoms with Gasteiger partial charge in [0.15, 0.2) is 0 Å². The van der Waals surface area contributed by atoms with Gasteiger partial charge in [0.1, 0.15) is 12.7 Å². The maximum Gasteiger partial charge on any atom is 0.306 e. The Hall–Kier alpha value is -1.29. The fourth-order valence-corrected chi connectivity index (χ4v) is 5.49. The molecule has 0 aliphatic rings. The molecule has 0 aliphatic carbocycles. The number of rotatable bonds is 34. The molecule has 0 aromatic rings. The zero-order chi connectivity index (χ0) is 32.2. The van der Waals surface area contributed by atoms with Crippen molar-refractivity contribution in [1.29, 1.82) is 0 Å². The van der Waals surface area contributed by atoms with Crippen molar-refractivity contribution >= 4 is 23.5 Å².